The third kappa shape index (κ3) is 3.27. The lowest BCUT2D eigenvalue weighted by atomic mass is 10.0. The summed E-state index contributed by atoms with van der Waals surface area (Å²) in [7, 11) is 0. The van der Waals surface area contributed by atoms with Gasteiger partial charge in [-0.15, -0.1) is 0 Å². The number of aromatic nitrogens is 2. The largest absolute Gasteiger partial charge is 0.471 e. The third-order valence-electron chi connectivity index (χ3n) is 4.12. The topological polar surface area (TPSA) is 59.2 Å². The summed E-state index contributed by atoms with van der Waals surface area (Å²) < 4.78 is 41.7. The normalized spacial score (nSPS) is 18.7. The van der Waals surface area contributed by atoms with Crippen molar-refractivity contribution in [3.63, 3.8) is 0 Å². The molecule has 0 aliphatic carbocycles. The Balaban J connectivity index is 1.78. The number of halogens is 3. The zero-order valence-corrected chi connectivity index (χ0v) is 13.0. The Morgan fingerprint density at radius 3 is 2.54 bits per heavy atom. The number of hydrogen-bond acceptors (Lipinski definition) is 4. The highest BCUT2D eigenvalue weighted by Gasteiger charge is 2.38. The zero-order valence-electron chi connectivity index (χ0n) is 13.0. The number of alkyl halides is 3. The number of benzene rings is 1. The molecule has 1 aromatic heterocycles. The van der Waals surface area contributed by atoms with Gasteiger partial charge in [-0.05, 0) is 38.3 Å². The molecule has 0 saturated carbocycles. The molecule has 1 aliphatic heterocycles. The van der Waals surface area contributed by atoms with E-state index in [1.165, 1.54) is 12.1 Å². The Bertz CT molecular complexity index is 725. The minimum absolute atomic E-state index is 0.0714. The summed E-state index contributed by atoms with van der Waals surface area (Å²) in [5.41, 5.74) is 0.851. The minimum atomic E-state index is -4.68. The van der Waals surface area contributed by atoms with Gasteiger partial charge in [-0.25, -0.2) is 0 Å². The second kappa shape index (κ2) is 6.26. The Morgan fingerprint density at radius 2 is 1.96 bits per heavy atom. The number of piperidine rings is 1. The molecule has 1 amide bonds. The average molecular weight is 339 g/mol. The Labute approximate surface area is 136 Å². The molecule has 1 aromatic carbocycles. The van der Waals surface area contributed by atoms with Crippen LogP contribution in [0.4, 0.5) is 13.2 Å². The van der Waals surface area contributed by atoms with E-state index in [1.54, 1.807) is 12.1 Å². The van der Waals surface area contributed by atoms with Crippen LogP contribution in [0.3, 0.4) is 0 Å². The molecule has 3 rings (SSSR count). The Hall–Kier alpha value is -2.38. The van der Waals surface area contributed by atoms with Crippen LogP contribution in [0.25, 0.3) is 11.4 Å². The lowest BCUT2D eigenvalue weighted by Gasteiger charge is -2.33. The summed E-state index contributed by atoms with van der Waals surface area (Å²) in [6, 6.07) is 6.38. The maximum Gasteiger partial charge on any atom is 0.471 e. The maximum absolute atomic E-state index is 12.5. The van der Waals surface area contributed by atoms with Crippen LogP contribution < -0.4 is 0 Å². The van der Waals surface area contributed by atoms with E-state index in [1.807, 2.05) is 11.8 Å². The van der Waals surface area contributed by atoms with Gasteiger partial charge in [-0.3, -0.25) is 4.79 Å². The van der Waals surface area contributed by atoms with Crippen LogP contribution in [0.5, 0.6) is 0 Å². The van der Waals surface area contributed by atoms with Gasteiger partial charge >= 0.3 is 12.1 Å². The van der Waals surface area contributed by atoms with Gasteiger partial charge in [-0.2, -0.15) is 18.2 Å². The van der Waals surface area contributed by atoms with E-state index in [9.17, 15) is 18.0 Å². The summed E-state index contributed by atoms with van der Waals surface area (Å²) in [5, 5.41) is 3.33. The lowest BCUT2D eigenvalue weighted by Crippen LogP contribution is -2.41. The third-order valence-corrected chi connectivity index (χ3v) is 4.12. The highest BCUT2D eigenvalue weighted by molar-refractivity contribution is 5.94. The number of hydrogen-bond donors (Lipinski definition) is 0. The van der Waals surface area contributed by atoms with Crippen molar-refractivity contribution in [3.8, 4) is 11.4 Å². The molecule has 1 atom stereocenters. The molecular weight excluding hydrogens is 323 g/mol. The van der Waals surface area contributed by atoms with Crippen LogP contribution >= 0.6 is 0 Å². The van der Waals surface area contributed by atoms with Crippen LogP contribution in [-0.4, -0.2) is 33.5 Å². The molecule has 2 heterocycles. The van der Waals surface area contributed by atoms with Crippen molar-refractivity contribution in [2.45, 2.75) is 38.4 Å². The van der Waals surface area contributed by atoms with Crippen LogP contribution in [0.2, 0.25) is 0 Å². The van der Waals surface area contributed by atoms with Gasteiger partial charge in [-0.1, -0.05) is 17.3 Å². The molecule has 1 saturated heterocycles. The predicted molar refractivity (Wildman–Crippen MR) is 79.1 cm³/mol. The number of carbonyl (C=O) groups excluding carboxylic acids is 1. The van der Waals surface area contributed by atoms with Gasteiger partial charge in [0.25, 0.3) is 5.91 Å². The fraction of sp³-hybridized carbons (Fsp3) is 0.438. The first-order valence-corrected chi connectivity index (χ1v) is 7.68. The highest BCUT2D eigenvalue weighted by atomic mass is 19.4. The van der Waals surface area contributed by atoms with E-state index in [0.717, 1.165) is 25.8 Å². The van der Waals surface area contributed by atoms with Crippen molar-refractivity contribution in [2.75, 3.05) is 6.54 Å². The van der Waals surface area contributed by atoms with E-state index in [-0.39, 0.29) is 17.8 Å². The SMILES string of the molecule is C[C@H]1CCCCN1C(=O)c1ccc(-c2noc(C(F)(F)F)n2)cc1. The van der Waals surface area contributed by atoms with Gasteiger partial charge in [0.2, 0.25) is 5.82 Å². The van der Waals surface area contributed by atoms with Gasteiger partial charge in [0.15, 0.2) is 0 Å². The molecule has 2 aromatic rings. The van der Waals surface area contributed by atoms with Crippen molar-refractivity contribution < 1.29 is 22.5 Å². The number of carbonyl (C=O) groups is 1. The number of likely N-dealkylation sites (tertiary alicyclic amines) is 1. The van der Waals surface area contributed by atoms with E-state index >= 15 is 0 Å². The fourth-order valence-electron chi connectivity index (χ4n) is 2.78. The molecule has 0 bridgehead atoms. The highest BCUT2D eigenvalue weighted by Crippen LogP contribution is 2.29. The number of amides is 1. The zero-order chi connectivity index (χ0) is 17.3. The van der Waals surface area contributed by atoms with Gasteiger partial charge in [0, 0.05) is 23.7 Å². The molecular formula is C16H16F3N3O2. The quantitative estimate of drug-likeness (QED) is 0.836. The summed E-state index contributed by atoms with van der Waals surface area (Å²) in [6.07, 6.45) is -1.60. The Kier molecular flexibility index (Phi) is 4.29. The molecule has 0 unspecified atom stereocenters. The summed E-state index contributed by atoms with van der Waals surface area (Å²) in [6.45, 7) is 2.74. The standard InChI is InChI=1S/C16H16F3N3O2/c1-10-4-2-3-9-22(10)14(23)12-7-5-11(6-8-12)13-20-15(24-21-13)16(17,18)19/h5-8,10H,2-4,9H2,1H3/t10-/m0/s1. The fourth-order valence-corrected chi connectivity index (χ4v) is 2.78. The number of rotatable bonds is 2. The van der Waals surface area contributed by atoms with E-state index in [4.69, 9.17) is 0 Å². The molecule has 0 N–H and O–H groups in total. The van der Waals surface area contributed by atoms with E-state index in [2.05, 4.69) is 14.7 Å². The lowest BCUT2D eigenvalue weighted by molar-refractivity contribution is -0.159. The first-order chi connectivity index (χ1) is 11.4. The van der Waals surface area contributed by atoms with Crippen LogP contribution in [-0.2, 0) is 6.18 Å². The number of nitrogens with zero attached hydrogens (tertiary/aromatic N) is 3. The first kappa shape index (κ1) is 16.5. The summed E-state index contributed by atoms with van der Waals surface area (Å²) in [4.78, 5) is 17.7. The predicted octanol–water partition coefficient (Wildman–Crippen LogP) is 3.77. The van der Waals surface area contributed by atoms with Gasteiger partial charge in [0.1, 0.15) is 0 Å². The molecule has 128 valence electrons. The molecule has 0 spiro atoms. The minimum Gasteiger partial charge on any atom is -0.336 e. The molecule has 0 radical (unpaired) electrons. The molecule has 1 aliphatic rings. The van der Waals surface area contributed by atoms with Crippen LogP contribution in [0.15, 0.2) is 28.8 Å². The van der Waals surface area contributed by atoms with E-state index in [0.29, 0.717) is 11.1 Å². The van der Waals surface area contributed by atoms with E-state index < -0.39 is 12.1 Å². The van der Waals surface area contributed by atoms with Crippen molar-refractivity contribution in [2.24, 2.45) is 0 Å². The summed E-state index contributed by atoms with van der Waals surface area (Å²) in [5.74, 6) is -1.62. The van der Waals surface area contributed by atoms with Crippen molar-refractivity contribution in [1.29, 1.82) is 0 Å². The molecule has 1 fully saturated rings. The molecule has 8 heteroatoms. The summed E-state index contributed by atoms with van der Waals surface area (Å²) >= 11 is 0. The van der Waals surface area contributed by atoms with Gasteiger partial charge < -0.3 is 9.42 Å². The maximum atomic E-state index is 12.5. The first-order valence-electron chi connectivity index (χ1n) is 7.68. The second-order valence-corrected chi connectivity index (χ2v) is 5.84. The average Bonchev–Trinajstić information content (AvgIpc) is 3.05. The van der Waals surface area contributed by atoms with Crippen LogP contribution in [0, 0.1) is 0 Å². The second-order valence-electron chi connectivity index (χ2n) is 5.84. The molecule has 5 nitrogen and oxygen atoms in total. The monoisotopic (exact) mass is 339 g/mol. The van der Waals surface area contributed by atoms with Gasteiger partial charge in [0.05, 0.1) is 0 Å². The Morgan fingerprint density at radius 1 is 1.25 bits per heavy atom. The molecule has 24 heavy (non-hydrogen) atoms. The van der Waals surface area contributed by atoms with Crippen molar-refractivity contribution in [3.05, 3.63) is 35.7 Å². The van der Waals surface area contributed by atoms with Crippen molar-refractivity contribution in [1.82, 2.24) is 15.0 Å². The smallest absolute Gasteiger partial charge is 0.336 e. The van der Waals surface area contributed by atoms with Crippen molar-refractivity contribution >= 4 is 5.91 Å². The van der Waals surface area contributed by atoms with Crippen LogP contribution in [0.1, 0.15) is 42.4 Å².